The summed E-state index contributed by atoms with van der Waals surface area (Å²) in [6, 6.07) is 15.0. The Morgan fingerprint density at radius 2 is 1.88 bits per heavy atom. The molecule has 0 aliphatic rings. The third kappa shape index (κ3) is 3.65. The molecule has 0 fully saturated rings. The smallest absolute Gasteiger partial charge is 0.175 e. The van der Waals surface area contributed by atoms with Crippen molar-refractivity contribution in [3.8, 4) is 5.69 Å². The Morgan fingerprint density at radius 3 is 2.54 bits per heavy atom. The lowest BCUT2D eigenvalue weighted by Crippen LogP contribution is -2.03. The van der Waals surface area contributed by atoms with Gasteiger partial charge in [0.25, 0.3) is 0 Å². The van der Waals surface area contributed by atoms with E-state index in [2.05, 4.69) is 10.4 Å². The number of anilines is 1. The molecule has 0 unspecified atom stereocenters. The number of hydrogen-bond donors (Lipinski definition) is 1. The topological polar surface area (TPSA) is 64.0 Å². The zero-order valence-corrected chi connectivity index (χ0v) is 14.4. The Morgan fingerprint density at radius 1 is 1.12 bits per heavy atom. The van der Waals surface area contributed by atoms with Gasteiger partial charge in [-0.05, 0) is 42.8 Å². The Kier molecular flexibility index (Phi) is 4.40. The number of aryl methyl sites for hydroxylation is 1. The molecule has 2 aromatic carbocycles. The SMILES string of the molecule is Cc1cc(S(C)(=O)=O)ccc1NCc1cnn(-c2ccccc2)c1. The van der Waals surface area contributed by atoms with Crippen LogP contribution >= 0.6 is 0 Å². The van der Waals surface area contributed by atoms with Gasteiger partial charge in [0.1, 0.15) is 0 Å². The van der Waals surface area contributed by atoms with Crippen molar-refractivity contribution >= 4 is 15.5 Å². The minimum absolute atomic E-state index is 0.336. The van der Waals surface area contributed by atoms with Gasteiger partial charge in [-0.3, -0.25) is 0 Å². The van der Waals surface area contributed by atoms with Crippen molar-refractivity contribution in [3.63, 3.8) is 0 Å². The van der Waals surface area contributed by atoms with Gasteiger partial charge in [-0.2, -0.15) is 5.10 Å². The Hall–Kier alpha value is -2.60. The summed E-state index contributed by atoms with van der Waals surface area (Å²) in [6.07, 6.45) is 5.01. The second kappa shape index (κ2) is 6.49. The highest BCUT2D eigenvalue weighted by atomic mass is 32.2. The van der Waals surface area contributed by atoms with Crippen LogP contribution in [-0.4, -0.2) is 24.5 Å². The number of nitrogens with one attached hydrogen (secondary N) is 1. The van der Waals surface area contributed by atoms with Crippen molar-refractivity contribution in [2.24, 2.45) is 0 Å². The van der Waals surface area contributed by atoms with E-state index in [0.717, 1.165) is 22.5 Å². The van der Waals surface area contributed by atoms with E-state index in [1.807, 2.05) is 54.3 Å². The normalized spacial score (nSPS) is 11.4. The highest BCUT2D eigenvalue weighted by Gasteiger charge is 2.09. The van der Waals surface area contributed by atoms with Crippen LogP contribution in [0.5, 0.6) is 0 Å². The molecule has 3 aromatic rings. The van der Waals surface area contributed by atoms with Gasteiger partial charge < -0.3 is 5.32 Å². The van der Waals surface area contributed by atoms with Crippen LogP contribution in [0, 0.1) is 6.92 Å². The summed E-state index contributed by atoms with van der Waals surface area (Å²) in [4.78, 5) is 0.336. The average Bonchev–Trinajstić information content (AvgIpc) is 3.02. The Balaban J connectivity index is 1.72. The molecule has 6 heteroatoms. The lowest BCUT2D eigenvalue weighted by atomic mass is 10.2. The summed E-state index contributed by atoms with van der Waals surface area (Å²) in [7, 11) is -3.18. The first-order valence-corrected chi connectivity index (χ1v) is 9.46. The number of para-hydroxylation sites is 1. The van der Waals surface area contributed by atoms with Gasteiger partial charge in [0, 0.05) is 30.2 Å². The largest absolute Gasteiger partial charge is 0.381 e. The summed E-state index contributed by atoms with van der Waals surface area (Å²) in [5.41, 5.74) is 3.87. The number of hydrogen-bond acceptors (Lipinski definition) is 4. The van der Waals surface area contributed by atoms with E-state index in [9.17, 15) is 8.42 Å². The predicted octanol–water partition coefficient (Wildman–Crippen LogP) is 3.20. The standard InChI is InChI=1S/C18H19N3O2S/c1-14-10-17(24(2,22)23)8-9-18(14)19-11-15-12-20-21(13-15)16-6-4-3-5-7-16/h3-10,12-13,19H,11H2,1-2H3. The van der Waals surface area contributed by atoms with Gasteiger partial charge in [0.05, 0.1) is 16.8 Å². The highest BCUT2D eigenvalue weighted by Crippen LogP contribution is 2.20. The summed E-state index contributed by atoms with van der Waals surface area (Å²) in [6.45, 7) is 2.51. The van der Waals surface area contributed by atoms with E-state index in [1.54, 1.807) is 18.2 Å². The second-order valence-corrected chi connectivity index (χ2v) is 7.75. The van der Waals surface area contributed by atoms with E-state index >= 15 is 0 Å². The van der Waals surface area contributed by atoms with Crippen LogP contribution in [0.1, 0.15) is 11.1 Å². The van der Waals surface area contributed by atoms with Crippen molar-refractivity contribution in [1.29, 1.82) is 0 Å². The third-order valence-corrected chi connectivity index (χ3v) is 4.88. The zero-order chi connectivity index (χ0) is 17.2. The van der Waals surface area contributed by atoms with Gasteiger partial charge in [-0.15, -0.1) is 0 Å². The maximum atomic E-state index is 11.6. The first-order valence-electron chi connectivity index (χ1n) is 7.57. The van der Waals surface area contributed by atoms with Crippen LogP contribution in [0.25, 0.3) is 5.69 Å². The molecule has 0 saturated heterocycles. The lowest BCUT2D eigenvalue weighted by Gasteiger charge is -2.10. The monoisotopic (exact) mass is 341 g/mol. The number of sulfone groups is 1. The van der Waals surface area contributed by atoms with Gasteiger partial charge in [0.2, 0.25) is 0 Å². The molecule has 5 nitrogen and oxygen atoms in total. The van der Waals surface area contributed by atoms with Crippen LogP contribution in [0.4, 0.5) is 5.69 Å². The molecule has 0 aliphatic heterocycles. The first-order chi connectivity index (χ1) is 11.4. The number of rotatable bonds is 5. The van der Waals surface area contributed by atoms with E-state index < -0.39 is 9.84 Å². The van der Waals surface area contributed by atoms with Crippen LogP contribution in [0.15, 0.2) is 65.8 Å². The quantitative estimate of drug-likeness (QED) is 0.774. The molecule has 0 amide bonds. The van der Waals surface area contributed by atoms with Crippen LogP contribution in [0.2, 0.25) is 0 Å². The maximum absolute atomic E-state index is 11.6. The molecular weight excluding hydrogens is 322 g/mol. The molecular formula is C18H19N3O2S. The molecule has 3 rings (SSSR count). The minimum Gasteiger partial charge on any atom is -0.381 e. The van der Waals surface area contributed by atoms with Gasteiger partial charge in [-0.25, -0.2) is 13.1 Å². The van der Waals surface area contributed by atoms with Gasteiger partial charge in [0.15, 0.2) is 9.84 Å². The highest BCUT2D eigenvalue weighted by molar-refractivity contribution is 7.90. The summed E-state index contributed by atoms with van der Waals surface area (Å²) >= 11 is 0. The van der Waals surface area contributed by atoms with Crippen molar-refractivity contribution in [2.45, 2.75) is 18.4 Å². The number of nitrogens with zero attached hydrogens (tertiary/aromatic N) is 2. The summed E-state index contributed by atoms with van der Waals surface area (Å²) in [5, 5.41) is 7.69. The lowest BCUT2D eigenvalue weighted by molar-refractivity contribution is 0.602. The molecule has 1 heterocycles. The predicted molar refractivity (Wildman–Crippen MR) is 95.2 cm³/mol. The summed E-state index contributed by atoms with van der Waals surface area (Å²) in [5.74, 6) is 0. The third-order valence-electron chi connectivity index (χ3n) is 3.77. The van der Waals surface area contributed by atoms with E-state index in [-0.39, 0.29) is 0 Å². The van der Waals surface area contributed by atoms with Gasteiger partial charge in [-0.1, -0.05) is 18.2 Å². The number of benzene rings is 2. The second-order valence-electron chi connectivity index (χ2n) is 5.73. The molecule has 1 aromatic heterocycles. The Labute approximate surface area is 141 Å². The van der Waals surface area contributed by atoms with E-state index in [4.69, 9.17) is 0 Å². The average molecular weight is 341 g/mol. The Bertz CT molecular complexity index is 947. The van der Waals surface area contributed by atoms with Crippen LogP contribution in [0.3, 0.4) is 0 Å². The molecule has 0 atom stereocenters. The van der Waals surface area contributed by atoms with Crippen LogP contribution in [-0.2, 0) is 16.4 Å². The molecule has 24 heavy (non-hydrogen) atoms. The van der Waals surface area contributed by atoms with Gasteiger partial charge >= 0.3 is 0 Å². The molecule has 0 spiro atoms. The van der Waals surface area contributed by atoms with Crippen molar-refractivity contribution in [2.75, 3.05) is 11.6 Å². The molecule has 1 N–H and O–H groups in total. The molecule has 0 aliphatic carbocycles. The maximum Gasteiger partial charge on any atom is 0.175 e. The fourth-order valence-corrected chi connectivity index (χ4v) is 3.14. The molecule has 124 valence electrons. The van der Waals surface area contributed by atoms with E-state index in [1.165, 1.54) is 6.26 Å². The van der Waals surface area contributed by atoms with Crippen LogP contribution < -0.4 is 5.32 Å². The van der Waals surface area contributed by atoms with Crippen molar-refractivity contribution in [3.05, 3.63) is 72.1 Å². The van der Waals surface area contributed by atoms with Crippen molar-refractivity contribution in [1.82, 2.24) is 9.78 Å². The number of aromatic nitrogens is 2. The zero-order valence-electron chi connectivity index (χ0n) is 13.6. The fraction of sp³-hybridized carbons (Fsp3) is 0.167. The van der Waals surface area contributed by atoms with Crippen molar-refractivity contribution < 1.29 is 8.42 Å². The molecule has 0 saturated carbocycles. The summed E-state index contributed by atoms with van der Waals surface area (Å²) < 4.78 is 25.0. The molecule has 0 radical (unpaired) electrons. The van der Waals surface area contributed by atoms with E-state index in [0.29, 0.717) is 11.4 Å². The molecule has 0 bridgehead atoms. The first kappa shape index (κ1) is 16.3. The fourth-order valence-electron chi connectivity index (χ4n) is 2.44. The minimum atomic E-state index is -3.18.